The molecule has 0 aliphatic heterocycles. The van der Waals surface area contributed by atoms with Gasteiger partial charge in [-0.05, 0) is 31.5 Å². The van der Waals surface area contributed by atoms with Crippen molar-refractivity contribution >= 4 is 27.3 Å². The normalized spacial score (nSPS) is 11.0. The second-order valence-electron chi connectivity index (χ2n) is 5.86. The molecule has 0 radical (unpaired) electrons. The molecule has 0 atom stereocenters. The van der Waals surface area contributed by atoms with Crippen molar-refractivity contribution in [3.8, 4) is 11.5 Å². The van der Waals surface area contributed by atoms with Crippen LogP contribution in [0.5, 0.6) is 11.5 Å². The zero-order chi connectivity index (χ0) is 20.2. The van der Waals surface area contributed by atoms with E-state index in [1.165, 1.54) is 33.4 Å². The van der Waals surface area contributed by atoms with Crippen molar-refractivity contribution in [3.63, 3.8) is 0 Å². The van der Waals surface area contributed by atoms with E-state index < -0.39 is 15.9 Å². The molecule has 0 heterocycles. The molecule has 0 aliphatic carbocycles. The molecule has 2 aromatic carbocycles. The smallest absolute Gasteiger partial charge is 0.257 e. The van der Waals surface area contributed by atoms with Gasteiger partial charge in [0, 0.05) is 18.8 Å². The number of nitrogens with zero attached hydrogens (tertiary/aromatic N) is 1. The topological polar surface area (TPSA) is 84.9 Å². The molecule has 0 saturated heterocycles. The lowest BCUT2D eigenvalue weighted by molar-refractivity contribution is 0.102. The lowest BCUT2D eigenvalue weighted by Crippen LogP contribution is -2.30. The number of anilines is 2. The summed E-state index contributed by atoms with van der Waals surface area (Å²) in [5, 5.41) is 2.82. The number of carbonyl (C=O) groups excluding carboxylic acids is 1. The maximum atomic E-state index is 12.9. The number of hydrogen-bond donors (Lipinski definition) is 1. The molecule has 2 aromatic rings. The first-order valence-corrected chi connectivity index (χ1v) is 9.95. The molecule has 1 N–H and O–H groups in total. The second kappa shape index (κ2) is 8.30. The Kier molecular flexibility index (Phi) is 6.32. The predicted octanol–water partition coefficient (Wildman–Crippen LogP) is 3.05. The van der Waals surface area contributed by atoms with Crippen LogP contribution in [0.4, 0.5) is 11.4 Å². The number of aryl methyl sites for hydroxylation is 1. The second-order valence-corrected chi connectivity index (χ2v) is 8.15. The molecule has 0 fully saturated rings. The molecule has 7 nitrogen and oxygen atoms in total. The molecule has 0 saturated carbocycles. The van der Waals surface area contributed by atoms with E-state index >= 15 is 0 Å². The van der Waals surface area contributed by atoms with Crippen molar-refractivity contribution in [2.75, 3.05) is 36.6 Å². The van der Waals surface area contributed by atoms with Crippen molar-refractivity contribution in [3.05, 3.63) is 47.5 Å². The molecule has 27 heavy (non-hydrogen) atoms. The van der Waals surface area contributed by atoms with Gasteiger partial charge in [-0.15, -0.1) is 0 Å². The Morgan fingerprint density at radius 1 is 1.11 bits per heavy atom. The Morgan fingerprint density at radius 2 is 1.70 bits per heavy atom. The van der Waals surface area contributed by atoms with E-state index in [1.807, 2.05) is 25.1 Å². The molecule has 146 valence electrons. The lowest BCUT2D eigenvalue weighted by Gasteiger charge is -2.23. The van der Waals surface area contributed by atoms with E-state index in [2.05, 4.69) is 5.32 Å². The fraction of sp³-hybridized carbons (Fsp3) is 0.316. The highest BCUT2D eigenvalue weighted by molar-refractivity contribution is 7.92. The highest BCUT2D eigenvalue weighted by Gasteiger charge is 2.25. The number of sulfonamides is 1. The summed E-state index contributed by atoms with van der Waals surface area (Å²) in [4.78, 5) is 12.9. The Bertz CT molecular complexity index is 941. The SMILES string of the molecule is CCS(=O)(=O)N(C)c1cc(OC)c(OC)cc1C(=O)Nc1ccccc1C. The van der Waals surface area contributed by atoms with Crippen LogP contribution in [0.15, 0.2) is 36.4 Å². The molecule has 0 aromatic heterocycles. The summed E-state index contributed by atoms with van der Waals surface area (Å²) in [6.45, 7) is 3.42. The monoisotopic (exact) mass is 392 g/mol. The van der Waals surface area contributed by atoms with Crippen LogP contribution in [0.25, 0.3) is 0 Å². The van der Waals surface area contributed by atoms with Crippen LogP contribution < -0.4 is 19.1 Å². The molecule has 0 unspecified atom stereocenters. The van der Waals surface area contributed by atoms with Crippen LogP contribution >= 0.6 is 0 Å². The van der Waals surface area contributed by atoms with Gasteiger partial charge in [0.15, 0.2) is 11.5 Å². The molecule has 0 bridgehead atoms. The Hall–Kier alpha value is -2.74. The van der Waals surface area contributed by atoms with Crippen molar-refractivity contribution in [2.24, 2.45) is 0 Å². The van der Waals surface area contributed by atoms with Gasteiger partial charge in [0.05, 0.1) is 31.2 Å². The molecule has 2 rings (SSSR count). The maximum absolute atomic E-state index is 12.9. The first kappa shape index (κ1) is 20.6. The average molecular weight is 392 g/mol. The van der Waals surface area contributed by atoms with Gasteiger partial charge < -0.3 is 14.8 Å². The first-order valence-electron chi connectivity index (χ1n) is 8.34. The van der Waals surface area contributed by atoms with Gasteiger partial charge in [-0.25, -0.2) is 8.42 Å². The van der Waals surface area contributed by atoms with Crippen LogP contribution in [0.3, 0.4) is 0 Å². The minimum absolute atomic E-state index is 0.100. The number of amides is 1. The minimum Gasteiger partial charge on any atom is -0.493 e. The highest BCUT2D eigenvalue weighted by atomic mass is 32.2. The van der Waals surface area contributed by atoms with E-state index in [9.17, 15) is 13.2 Å². The molecule has 1 amide bonds. The Labute approximate surface area is 160 Å². The van der Waals surface area contributed by atoms with Crippen molar-refractivity contribution < 1.29 is 22.7 Å². The van der Waals surface area contributed by atoms with Gasteiger partial charge in [-0.3, -0.25) is 9.10 Å². The minimum atomic E-state index is -3.58. The van der Waals surface area contributed by atoms with Crippen LogP contribution in [-0.4, -0.2) is 41.3 Å². The van der Waals surface area contributed by atoms with Gasteiger partial charge in [0.2, 0.25) is 10.0 Å². The Balaban J connectivity index is 2.58. The fourth-order valence-electron chi connectivity index (χ4n) is 2.56. The van der Waals surface area contributed by atoms with Crippen molar-refractivity contribution in [1.29, 1.82) is 0 Å². The predicted molar refractivity (Wildman–Crippen MR) is 107 cm³/mol. The third-order valence-corrected chi connectivity index (χ3v) is 6.02. The lowest BCUT2D eigenvalue weighted by atomic mass is 10.1. The van der Waals surface area contributed by atoms with Crippen molar-refractivity contribution in [2.45, 2.75) is 13.8 Å². The number of para-hydroxylation sites is 1. The van der Waals surface area contributed by atoms with Gasteiger partial charge in [0.1, 0.15) is 0 Å². The van der Waals surface area contributed by atoms with E-state index in [-0.39, 0.29) is 17.0 Å². The van der Waals surface area contributed by atoms with Crippen LogP contribution in [-0.2, 0) is 10.0 Å². The van der Waals surface area contributed by atoms with E-state index in [4.69, 9.17) is 9.47 Å². The summed E-state index contributed by atoms with van der Waals surface area (Å²) in [7, 11) is 0.730. The molecular weight excluding hydrogens is 368 g/mol. The zero-order valence-corrected chi connectivity index (χ0v) is 16.9. The largest absolute Gasteiger partial charge is 0.493 e. The van der Waals surface area contributed by atoms with E-state index in [0.717, 1.165) is 9.87 Å². The van der Waals surface area contributed by atoms with Gasteiger partial charge in [0.25, 0.3) is 5.91 Å². The summed E-state index contributed by atoms with van der Waals surface area (Å²) in [5.74, 6) is 0.117. The van der Waals surface area contributed by atoms with Crippen LogP contribution in [0.1, 0.15) is 22.8 Å². The number of methoxy groups -OCH3 is 2. The summed E-state index contributed by atoms with van der Waals surface area (Å²) in [5.41, 5.74) is 1.91. The van der Waals surface area contributed by atoms with Crippen molar-refractivity contribution in [1.82, 2.24) is 0 Å². The fourth-order valence-corrected chi connectivity index (χ4v) is 3.39. The van der Waals surface area contributed by atoms with Gasteiger partial charge in [-0.1, -0.05) is 18.2 Å². The first-order chi connectivity index (χ1) is 12.7. The number of hydrogen-bond acceptors (Lipinski definition) is 5. The summed E-state index contributed by atoms with van der Waals surface area (Å²) in [6.07, 6.45) is 0. The molecular formula is C19H24N2O5S. The van der Waals surface area contributed by atoms with E-state index in [1.54, 1.807) is 13.0 Å². The average Bonchev–Trinajstić information content (AvgIpc) is 2.67. The molecule has 0 aliphatic rings. The number of rotatable bonds is 7. The van der Waals surface area contributed by atoms with Gasteiger partial charge >= 0.3 is 0 Å². The third kappa shape index (κ3) is 4.33. The Morgan fingerprint density at radius 3 is 2.26 bits per heavy atom. The molecule has 0 spiro atoms. The standard InChI is InChI=1S/C19H24N2O5S/c1-6-27(23,24)21(3)16-12-18(26-5)17(25-4)11-14(16)19(22)20-15-10-8-7-9-13(15)2/h7-12H,6H2,1-5H3,(H,20,22). The number of ether oxygens (including phenoxy) is 2. The number of benzene rings is 2. The number of carbonyl (C=O) groups is 1. The highest BCUT2D eigenvalue weighted by Crippen LogP contribution is 2.36. The van der Waals surface area contributed by atoms with Crippen LogP contribution in [0, 0.1) is 6.92 Å². The third-order valence-electron chi connectivity index (χ3n) is 4.26. The molecule has 8 heteroatoms. The summed E-state index contributed by atoms with van der Waals surface area (Å²) >= 11 is 0. The quantitative estimate of drug-likeness (QED) is 0.783. The van der Waals surface area contributed by atoms with E-state index in [0.29, 0.717) is 17.2 Å². The summed E-state index contributed by atoms with van der Waals surface area (Å²) in [6, 6.07) is 10.3. The summed E-state index contributed by atoms with van der Waals surface area (Å²) < 4.78 is 36.4. The van der Waals surface area contributed by atoms with Gasteiger partial charge in [-0.2, -0.15) is 0 Å². The maximum Gasteiger partial charge on any atom is 0.257 e. The zero-order valence-electron chi connectivity index (χ0n) is 16.1. The number of nitrogens with one attached hydrogen (secondary N) is 1. The van der Waals surface area contributed by atoms with Crippen LogP contribution in [0.2, 0.25) is 0 Å².